The average Bonchev–Trinajstić information content (AvgIpc) is 2.95. The van der Waals surface area contributed by atoms with Crippen molar-refractivity contribution in [3.8, 4) is 22.9 Å². The van der Waals surface area contributed by atoms with Gasteiger partial charge in [0.2, 0.25) is 0 Å². The fourth-order valence-electron chi connectivity index (χ4n) is 2.00. The van der Waals surface area contributed by atoms with Crippen LogP contribution in [0.2, 0.25) is 0 Å². The standard InChI is InChI=1S/C13H16N4O4/c1-8(6-12(18)19)17-13(14-15-16-17)9-4-5-10(20-2)11(7-9)21-3/h4-5,7-8H,6H2,1-3H3,(H,18,19). The number of ether oxygens (including phenoxy) is 2. The van der Waals surface area contributed by atoms with E-state index in [1.807, 2.05) is 0 Å². The second-order valence-electron chi connectivity index (χ2n) is 4.46. The zero-order valence-corrected chi connectivity index (χ0v) is 12.0. The van der Waals surface area contributed by atoms with E-state index in [0.29, 0.717) is 17.3 Å². The van der Waals surface area contributed by atoms with Crippen molar-refractivity contribution in [1.29, 1.82) is 0 Å². The molecule has 8 heteroatoms. The Balaban J connectivity index is 2.39. The second kappa shape index (κ2) is 6.21. The fraction of sp³-hybridized carbons (Fsp3) is 0.385. The minimum absolute atomic E-state index is 0.0642. The molecule has 2 aromatic rings. The molecule has 1 unspecified atom stereocenters. The van der Waals surface area contributed by atoms with Crippen molar-refractivity contribution in [2.75, 3.05) is 14.2 Å². The largest absolute Gasteiger partial charge is 0.493 e. The maximum absolute atomic E-state index is 10.8. The van der Waals surface area contributed by atoms with Crippen LogP contribution in [0.1, 0.15) is 19.4 Å². The third-order valence-corrected chi connectivity index (χ3v) is 3.02. The molecule has 0 saturated carbocycles. The van der Waals surface area contributed by atoms with E-state index in [4.69, 9.17) is 14.6 Å². The Morgan fingerprint density at radius 1 is 1.33 bits per heavy atom. The van der Waals surface area contributed by atoms with Gasteiger partial charge in [-0.05, 0) is 35.5 Å². The molecule has 0 saturated heterocycles. The normalized spacial score (nSPS) is 12.0. The first-order valence-electron chi connectivity index (χ1n) is 6.29. The summed E-state index contributed by atoms with van der Waals surface area (Å²) in [5.41, 5.74) is 0.717. The zero-order chi connectivity index (χ0) is 15.4. The van der Waals surface area contributed by atoms with Crippen molar-refractivity contribution in [1.82, 2.24) is 20.2 Å². The molecule has 1 aromatic heterocycles. The molecule has 0 spiro atoms. The predicted octanol–water partition coefficient (Wildman–Crippen LogP) is 1.39. The molecule has 1 heterocycles. The average molecular weight is 292 g/mol. The van der Waals surface area contributed by atoms with E-state index in [2.05, 4.69) is 15.5 Å². The van der Waals surface area contributed by atoms with Gasteiger partial charge in [-0.2, -0.15) is 0 Å². The third-order valence-electron chi connectivity index (χ3n) is 3.02. The van der Waals surface area contributed by atoms with Crippen LogP contribution in [0.5, 0.6) is 11.5 Å². The number of carboxylic acids is 1. The molecule has 0 aliphatic rings. The van der Waals surface area contributed by atoms with Gasteiger partial charge in [0, 0.05) is 5.56 Å². The highest BCUT2D eigenvalue weighted by Crippen LogP contribution is 2.32. The quantitative estimate of drug-likeness (QED) is 0.858. The molecule has 0 fully saturated rings. The molecule has 0 amide bonds. The summed E-state index contributed by atoms with van der Waals surface area (Å²) in [6.45, 7) is 1.74. The molecule has 21 heavy (non-hydrogen) atoms. The number of nitrogens with zero attached hydrogens (tertiary/aromatic N) is 4. The first-order valence-corrected chi connectivity index (χ1v) is 6.29. The number of rotatable bonds is 6. The van der Waals surface area contributed by atoms with Gasteiger partial charge in [-0.1, -0.05) is 0 Å². The number of aliphatic carboxylic acids is 1. The fourth-order valence-corrected chi connectivity index (χ4v) is 2.00. The predicted molar refractivity (Wildman–Crippen MR) is 73.3 cm³/mol. The van der Waals surface area contributed by atoms with E-state index in [1.54, 1.807) is 32.2 Å². The molecule has 1 N–H and O–H groups in total. The molecular weight excluding hydrogens is 276 g/mol. The van der Waals surface area contributed by atoms with Gasteiger partial charge in [0.15, 0.2) is 17.3 Å². The van der Waals surface area contributed by atoms with E-state index in [9.17, 15) is 4.79 Å². The Morgan fingerprint density at radius 2 is 2.05 bits per heavy atom. The third kappa shape index (κ3) is 3.10. The maximum Gasteiger partial charge on any atom is 0.305 e. The van der Waals surface area contributed by atoms with E-state index in [-0.39, 0.29) is 12.5 Å². The smallest absolute Gasteiger partial charge is 0.305 e. The number of benzene rings is 1. The lowest BCUT2D eigenvalue weighted by molar-refractivity contribution is -0.137. The Bertz CT molecular complexity index is 641. The molecule has 0 aliphatic carbocycles. The molecule has 1 atom stereocenters. The van der Waals surface area contributed by atoms with Gasteiger partial charge in [-0.3, -0.25) is 4.79 Å². The Morgan fingerprint density at radius 3 is 2.67 bits per heavy atom. The summed E-state index contributed by atoms with van der Waals surface area (Å²) < 4.78 is 11.9. The molecular formula is C13H16N4O4. The molecule has 2 rings (SSSR count). The maximum atomic E-state index is 10.8. The molecule has 8 nitrogen and oxygen atoms in total. The van der Waals surface area contributed by atoms with Gasteiger partial charge in [-0.25, -0.2) is 4.68 Å². The van der Waals surface area contributed by atoms with Crippen molar-refractivity contribution in [3.05, 3.63) is 18.2 Å². The van der Waals surface area contributed by atoms with E-state index < -0.39 is 5.97 Å². The van der Waals surface area contributed by atoms with Crippen molar-refractivity contribution in [2.24, 2.45) is 0 Å². The first-order chi connectivity index (χ1) is 10.1. The highest BCUT2D eigenvalue weighted by Gasteiger charge is 2.18. The Labute approximate surface area is 121 Å². The minimum Gasteiger partial charge on any atom is -0.493 e. The van der Waals surface area contributed by atoms with Crippen LogP contribution in [0.15, 0.2) is 18.2 Å². The highest BCUT2D eigenvalue weighted by molar-refractivity contribution is 5.67. The van der Waals surface area contributed by atoms with Crippen LogP contribution >= 0.6 is 0 Å². The summed E-state index contributed by atoms with van der Waals surface area (Å²) in [7, 11) is 3.09. The summed E-state index contributed by atoms with van der Waals surface area (Å²) >= 11 is 0. The van der Waals surface area contributed by atoms with Crippen LogP contribution in [-0.2, 0) is 4.79 Å². The van der Waals surface area contributed by atoms with Gasteiger partial charge < -0.3 is 14.6 Å². The Kier molecular flexibility index (Phi) is 4.36. The van der Waals surface area contributed by atoms with Gasteiger partial charge in [0.25, 0.3) is 0 Å². The summed E-state index contributed by atoms with van der Waals surface area (Å²) in [6.07, 6.45) is -0.0642. The second-order valence-corrected chi connectivity index (χ2v) is 4.46. The van der Waals surface area contributed by atoms with Gasteiger partial charge in [0.05, 0.1) is 26.7 Å². The van der Waals surface area contributed by atoms with Crippen LogP contribution in [0.4, 0.5) is 0 Å². The number of hydrogen-bond donors (Lipinski definition) is 1. The monoisotopic (exact) mass is 292 g/mol. The van der Waals surface area contributed by atoms with Crippen LogP contribution < -0.4 is 9.47 Å². The van der Waals surface area contributed by atoms with Gasteiger partial charge in [0.1, 0.15) is 0 Å². The zero-order valence-electron chi connectivity index (χ0n) is 12.0. The van der Waals surface area contributed by atoms with Crippen molar-refractivity contribution >= 4 is 5.97 Å². The minimum atomic E-state index is -0.906. The lowest BCUT2D eigenvalue weighted by Crippen LogP contribution is -2.13. The van der Waals surface area contributed by atoms with E-state index >= 15 is 0 Å². The number of carboxylic acid groups (broad SMARTS) is 1. The Hall–Kier alpha value is -2.64. The van der Waals surface area contributed by atoms with Crippen molar-refractivity contribution < 1.29 is 19.4 Å². The summed E-state index contributed by atoms with van der Waals surface area (Å²) in [4.78, 5) is 10.8. The molecule has 1 aromatic carbocycles. The topological polar surface area (TPSA) is 99.4 Å². The number of tetrazole rings is 1. The van der Waals surface area contributed by atoms with Gasteiger partial charge in [-0.15, -0.1) is 5.10 Å². The number of methoxy groups -OCH3 is 2. The number of aromatic nitrogens is 4. The van der Waals surface area contributed by atoms with Crippen molar-refractivity contribution in [2.45, 2.75) is 19.4 Å². The van der Waals surface area contributed by atoms with Crippen molar-refractivity contribution in [3.63, 3.8) is 0 Å². The number of hydrogen-bond acceptors (Lipinski definition) is 6. The van der Waals surface area contributed by atoms with E-state index in [1.165, 1.54) is 11.8 Å². The lowest BCUT2D eigenvalue weighted by Gasteiger charge is -2.12. The van der Waals surface area contributed by atoms with Crippen LogP contribution in [0.3, 0.4) is 0 Å². The van der Waals surface area contributed by atoms with Crippen LogP contribution in [-0.4, -0.2) is 45.5 Å². The summed E-state index contributed by atoms with van der Waals surface area (Å²) in [6, 6.07) is 4.92. The molecule has 0 aliphatic heterocycles. The SMILES string of the molecule is COc1ccc(-c2nnnn2C(C)CC(=O)O)cc1OC. The first kappa shape index (κ1) is 14.8. The van der Waals surface area contributed by atoms with Gasteiger partial charge >= 0.3 is 5.97 Å². The van der Waals surface area contributed by atoms with E-state index in [0.717, 1.165) is 5.56 Å². The van der Waals surface area contributed by atoms with Crippen LogP contribution in [0.25, 0.3) is 11.4 Å². The molecule has 0 radical (unpaired) electrons. The summed E-state index contributed by atoms with van der Waals surface area (Å²) in [5, 5.41) is 20.3. The van der Waals surface area contributed by atoms with Crippen LogP contribution in [0, 0.1) is 0 Å². The highest BCUT2D eigenvalue weighted by atomic mass is 16.5. The molecule has 112 valence electrons. The number of carbonyl (C=O) groups is 1. The molecule has 0 bridgehead atoms. The lowest BCUT2D eigenvalue weighted by atomic mass is 10.1. The summed E-state index contributed by atoms with van der Waals surface area (Å²) in [5.74, 6) is 0.718.